The van der Waals surface area contributed by atoms with Crippen LogP contribution in [0.2, 0.25) is 5.02 Å². The van der Waals surface area contributed by atoms with Crippen LogP contribution in [0.4, 0.5) is 0 Å². The van der Waals surface area contributed by atoms with Crippen LogP contribution in [-0.4, -0.2) is 12.5 Å². The summed E-state index contributed by atoms with van der Waals surface area (Å²) in [5, 5.41) is 4.31. The van der Waals surface area contributed by atoms with Crippen LogP contribution in [0.5, 0.6) is 0 Å². The van der Waals surface area contributed by atoms with E-state index in [1.165, 1.54) is 0 Å². The number of carbonyl (C=O) groups excluding carboxylic acids is 1. The summed E-state index contributed by atoms with van der Waals surface area (Å²) in [6, 6.07) is 5.53. The lowest BCUT2D eigenvalue weighted by Crippen LogP contribution is -2.24. The number of para-hydroxylation sites is 1. The van der Waals surface area contributed by atoms with Crippen LogP contribution in [0.3, 0.4) is 0 Å². The van der Waals surface area contributed by atoms with E-state index >= 15 is 0 Å². The average molecular weight is 280 g/mol. The predicted molar refractivity (Wildman–Crippen MR) is 77.8 cm³/mol. The predicted octanol–water partition coefficient (Wildman–Crippen LogP) is 4.31. The lowest BCUT2D eigenvalue weighted by atomic mass is 10.1. The molecule has 19 heavy (non-hydrogen) atoms. The Kier molecular flexibility index (Phi) is 4.48. The number of halogens is 1. The molecular weight excluding hydrogens is 262 g/mol. The summed E-state index contributed by atoms with van der Waals surface area (Å²) in [6.07, 6.45) is 3.24. The lowest BCUT2D eigenvalue weighted by Gasteiger charge is -2.02. The third-order valence-electron chi connectivity index (χ3n) is 3.19. The average Bonchev–Trinajstić information content (AvgIpc) is 2.74. The third-order valence-corrected chi connectivity index (χ3v) is 3.49. The molecule has 2 rings (SSSR count). The van der Waals surface area contributed by atoms with E-state index < -0.39 is 0 Å². The highest BCUT2D eigenvalue weighted by molar-refractivity contribution is 6.35. The second-order valence-corrected chi connectivity index (χ2v) is 5.04. The SMILES string of the molecule is CCCCCNC(=O)c1oc2c(Cl)cccc2c1C. The Hall–Kier alpha value is -1.48. The van der Waals surface area contributed by atoms with Crippen LogP contribution >= 0.6 is 11.6 Å². The Morgan fingerprint density at radius 2 is 2.16 bits per heavy atom. The van der Waals surface area contributed by atoms with Gasteiger partial charge in [-0.3, -0.25) is 4.79 Å². The van der Waals surface area contributed by atoms with Gasteiger partial charge in [0, 0.05) is 17.5 Å². The fourth-order valence-corrected chi connectivity index (χ4v) is 2.30. The fraction of sp³-hybridized carbons (Fsp3) is 0.400. The molecule has 0 aliphatic heterocycles. The van der Waals surface area contributed by atoms with Gasteiger partial charge in [-0.15, -0.1) is 0 Å². The van der Waals surface area contributed by atoms with Gasteiger partial charge in [0.25, 0.3) is 5.91 Å². The van der Waals surface area contributed by atoms with Gasteiger partial charge in [-0.25, -0.2) is 0 Å². The van der Waals surface area contributed by atoms with Crippen molar-refractivity contribution in [1.82, 2.24) is 5.32 Å². The smallest absolute Gasteiger partial charge is 0.287 e. The molecule has 0 aliphatic rings. The molecule has 1 heterocycles. The molecule has 0 bridgehead atoms. The number of unbranched alkanes of at least 4 members (excludes halogenated alkanes) is 2. The highest BCUT2D eigenvalue weighted by Crippen LogP contribution is 2.30. The van der Waals surface area contributed by atoms with E-state index in [2.05, 4.69) is 12.2 Å². The number of hydrogen-bond acceptors (Lipinski definition) is 2. The zero-order valence-corrected chi connectivity index (χ0v) is 12.0. The molecule has 0 unspecified atom stereocenters. The highest BCUT2D eigenvalue weighted by Gasteiger charge is 2.18. The van der Waals surface area contributed by atoms with E-state index in [0.29, 0.717) is 22.9 Å². The molecule has 3 nitrogen and oxygen atoms in total. The summed E-state index contributed by atoms with van der Waals surface area (Å²) in [7, 11) is 0. The first kappa shape index (κ1) is 13.9. The number of hydrogen-bond donors (Lipinski definition) is 1. The van der Waals surface area contributed by atoms with E-state index in [0.717, 1.165) is 30.2 Å². The minimum Gasteiger partial charge on any atom is -0.449 e. The molecular formula is C15H18ClNO2. The van der Waals surface area contributed by atoms with E-state index in [9.17, 15) is 4.79 Å². The van der Waals surface area contributed by atoms with Crippen molar-refractivity contribution in [1.29, 1.82) is 0 Å². The maximum atomic E-state index is 12.1. The zero-order valence-electron chi connectivity index (χ0n) is 11.3. The molecule has 102 valence electrons. The second kappa shape index (κ2) is 6.11. The lowest BCUT2D eigenvalue weighted by molar-refractivity contribution is 0.0926. The number of nitrogens with one attached hydrogen (secondary N) is 1. The van der Waals surface area contributed by atoms with Crippen LogP contribution in [0.1, 0.15) is 42.3 Å². The third kappa shape index (κ3) is 2.92. The number of carbonyl (C=O) groups is 1. The molecule has 2 aromatic rings. The summed E-state index contributed by atoms with van der Waals surface area (Å²) < 4.78 is 5.60. The van der Waals surface area contributed by atoms with Crippen molar-refractivity contribution in [3.8, 4) is 0 Å². The van der Waals surface area contributed by atoms with Crippen LogP contribution < -0.4 is 5.32 Å². The first-order valence-corrected chi connectivity index (χ1v) is 6.98. The summed E-state index contributed by atoms with van der Waals surface area (Å²) >= 11 is 6.07. The van der Waals surface area contributed by atoms with Crippen LogP contribution in [0.25, 0.3) is 11.0 Å². The molecule has 0 aliphatic carbocycles. The van der Waals surface area contributed by atoms with Gasteiger partial charge in [0.15, 0.2) is 11.3 Å². The van der Waals surface area contributed by atoms with Gasteiger partial charge in [0.2, 0.25) is 0 Å². The molecule has 0 saturated heterocycles. The minimum absolute atomic E-state index is 0.166. The van der Waals surface area contributed by atoms with Crippen molar-refractivity contribution < 1.29 is 9.21 Å². The van der Waals surface area contributed by atoms with E-state index in [4.69, 9.17) is 16.0 Å². The molecule has 1 N–H and O–H groups in total. The summed E-state index contributed by atoms with van der Waals surface area (Å²) in [4.78, 5) is 12.1. The normalized spacial score (nSPS) is 10.9. The zero-order chi connectivity index (χ0) is 13.8. The Bertz CT molecular complexity index is 589. The number of rotatable bonds is 5. The quantitative estimate of drug-likeness (QED) is 0.829. The largest absolute Gasteiger partial charge is 0.449 e. The Labute approximate surface area is 117 Å². The first-order valence-electron chi connectivity index (χ1n) is 6.61. The van der Waals surface area contributed by atoms with Crippen molar-refractivity contribution in [2.45, 2.75) is 33.1 Å². The van der Waals surface area contributed by atoms with Gasteiger partial charge < -0.3 is 9.73 Å². The van der Waals surface area contributed by atoms with Gasteiger partial charge in [-0.2, -0.15) is 0 Å². The maximum Gasteiger partial charge on any atom is 0.287 e. The maximum absolute atomic E-state index is 12.1. The minimum atomic E-state index is -0.166. The van der Waals surface area contributed by atoms with Crippen molar-refractivity contribution in [3.05, 3.63) is 34.5 Å². The van der Waals surface area contributed by atoms with Gasteiger partial charge in [-0.05, 0) is 19.4 Å². The van der Waals surface area contributed by atoms with Crippen LogP contribution in [-0.2, 0) is 0 Å². The molecule has 0 radical (unpaired) electrons. The standard InChI is InChI=1S/C15H18ClNO2/c1-3-4-5-9-17-15(18)13-10(2)11-7-6-8-12(16)14(11)19-13/h6-8H,3-5,9H2,1-2H3,(H,17,18). The number of fused-ring (bicyclic) bond motifs is 1. The molecule has 0 fully saturated rings. The molecule has 0 spiro atoms. The van der Waals surface area contributed by atoms with Crippen molar-refractivity contribution >= 4 is 28.5 Å². The van der Waals surface area contributed by atoms with Crippen molar-refractivity contribution in [2.75, 3.05) is 6.54 Å². The van der Waals surface area contributed by atoms with Crippen molar-refractivity contribution in [3.63, 3.8) is 0 Å². The summed E-state index contributed by atoms with van der Waals surface area (Å²) in [6.45, 7) is 4.69. The molecule has 1 amide bonds. The second-order valence-electron chi connectivity index (χ2n) is 4.64. The number of aryl methyl sites for hydroxylation is 1. The molecule has 0 saturated carbocycles. The number of amides is 1. The van der Waals surface area contributed by atoms with E-state index in [1.54, 1.807) is 6.07 Å². The monoisotopic (exact) mass is 279 g/mol. The molecule has 1 aromatic carbocycles. The number of furan rings is 1. The van der Waals surface area contributed by atoms with Gasteiger partial charge >= 0.3 is 0 Å². The Morgan fingerprint density at radius 1 is 1.37 bits per heavy atom. The Balaban J connectivity index is 2.18. The first-order chi connectivity index (χ1) is 9.15. The number of benzene rings is 1. The topological polar surface area (TPSA) is 42.2 Å². The summed E-state index contributed by atoms with van der Waals surface area (Å²) in [5.41, 5.74) is 1.42. The molecule has 1 aromatic heterocycles. The molecule has 0 atom stereocenters. The van der Waals surface area contributed by atoms with Gasteiger partial charge in [-0.1, -0.05) is 43.5 Å². The van der Waals surface area contributed by atoms with Crippen molar-refractivity contribution in [2.24, 2.45) is 0 Å². The fourth-order valence-electron chi connectivity index (χ4n) is 2.08. The summed E-state index contributed by atoms with van der Waals surface area (Å²) in [5.74, 6) is 0.195. The molecule has 4 heteroatoms. The van der Waals surface area contributed by atoms with E-state index in [1.807, 2.05) is 19.1 Å². The van der Waals surface area contributed by atoms with Crippen LogP contribution in [0, 0.1) is 6.92 Å². The van der Waals surface area contributed by atoms with Gasteiger partial charge in [0.1, 0.15) is 0 Å². The van der Waals surface area contributed by atoms with Crippen LogP contribution in [0.15, 0.2) is 22.6 Å². The van der Waals surface area contributed by atoms with E-state index in [-0.39, 0.29) is 5.91 Å². The Morgan fingerprint density at radius 3 is 2.84 bits per heavy atom. The van der Waals surface area contributed by atoms with Gasteiger partial charge in [0.05, 0.1) is 5.02 Å². The highest BCUT2D eigenvalue weighted by atomic mass is 35.5.